The number of amides is 1. The van der Waals surface area contributed by atoms with Crippen LogP contribution in [0.15, 0.2) is 54.9 Å². The summed E-state index contributed by atoms with van der Waals surface area (Å²) in [7, 11) is 0. The highest BCUT2D eigenvalue weighted by atomic mass is 19.1. The molecular weight excluding hydrogens is 389 g/mol. The maximum Gasteiger partial charge on any atom is 0.253 e. The van der Waals surface area contributed by atoms with Gasteiger partial charge in [0.15, 0.2) is 6.33 Å². The summed E-state index contributed by atoms with van der Waals surface area (Å²) in [6, 6.07) is 13.3. The summed E-state index contributed by atoms with van der Waals surface area (Å²) in [5, 5.41) is 21.1. The van der Waals surface area contributed by atoms with Gasteiger partial charge >= 0.3 is 0 Å². The third-order valence-corrected chi connectivity index (χ3v) is 5.13. The fourth-order valence-electron chi connectivity index (χ4n) is 3.53. The van der Waals surface area contributed by atoms with E-state index in [1.807, 2.05) is 4.90 Å². The number of aliphatic hydroxyl groups is 1. The Morgan fingerprint density at radius 3 is 2.67 bits per heavy atom. The van der Waals surface area contributed by atoms with Crippen LogP contribution in [0, 0.1) is 5.82 Å². The van der Waals surface area contributed by atoms with Crippen LogP contribution in [-0.4, -0.2) is 61.9 Å². The summed E-state index contributed by atoms with van der Waals surface area (Å²) in [5.41, 5.74) is 1.63. The highest BCUT2D eigenvalue weighted by Crippen LogP contribution is 2.28. The van der Waals surface area contributed by atoms with Crippen LogP contribution in [0.4, 0.5) is 4.39 Å². The second kappa shape index (κ2) is 9.00. The first-order chi connectivity index (χ1) is 14.6. The second-order valence-corrected chi connectivity index (χ2v) is 7.27. The first-order valence-electron chi connectivity index (χ1n) is 9.75. The van der Waals surface area contributed by atoms with Gasteiger partial charge in [0.1, 0.15) is 24.3 Å². The van der Waals surface area contributed by atoms with Crippen LogP contribution in [0.2, 0.25) is 0 Å². The number of nitrogens with zero attached hydrogens (tertiary/aromatic N) is 5. The SMILES string of the molecule is O=C(c1ccc(OC[C@H](O)Cn2ncnn2)cc1)N1CC[C@@H](c2ccc(F)cc2)C1. The van der Waals surface area contributed by atoms with E-state index in [-0.39, 0.29) is 30.8 Å². The predicted molar refractivity (Wildman–Crippen MR) is 105 cm³/mol. The van der Waals surface area contributed by atoms with E-state index in [2.05, 4.69) is 15.4 Å². The topological polar surface area (TPSA) is 93.4 Å². The third kappa shape index (κ3) is 4.80. The van der Waals surface area contributed by atoms with Crippen LogP contribution < -0.4 is 4.74 Å². The number of aliphatic hydroxyl groups excluding tert-OH is 1. The Labute approximate surface area is 172 Å². The van der Waals surface area contributed by atoms with E-state index in [0.717, 1.165) is 12.0 Å². The number of hydrogen-bond donors (Lipinski definition) is 1. The smallest absolute Gasteiger partial charge is 0.253 e. The zero-order chi connectivity index (χ0) is 20.9. The van der Waals surface area contributed by atoms with Crippen LogP contribution in [0.1, 0.15) is 28.3 Å². The van der Waals surface area contributed by atoms with E-state index in [4.69, 9.17) is 4.74 Å². The fourth-order valence-corrected chi connectivity index (χ4v) is 3.53. The van der Waals surface area contributed by atoms with Crippen LogP contribution in [0.25, 0.3) is 0 Å². The molecule has 9 heteroatoms. The molecule has 2 aromatic carbocycles. The first kappa shape index (κ1) is 20.0. The second-order valence-electron chi connectivity index (χ2n) is 7.27. The van der Waals surface area contributed by atoms with Crippen molar-refractivity contribution in [1.82, 2.24) is 25.1 Å². The Morgan fingerprint density at radius 2 is 1.97 bits per heavy atom. The molecular formula is C21H22FN5O3. The monoisotopic (exact) mass is 411 g/mol. The molecule has 0 aliphatic carbocycles. The summed E-state index contributed by atoms with van der Waals surface area (Å²) in [6.45, 7) is 1.54. The van der Waals surface area contributed by atoms with E-state index < -0.39 is 6.10 Å². The van der Waals surface area contributed by atoms with E-state index >= 15 is 0 Å². The lowest BCUT2D eigenvalue weighted by atomic mass is 9.99. The van der Waals surface area contributed by atoms with Crippen LogP contribution >= 0.6 is 0 Å². The van der Waals surface area contributed by atoms with E-state index in [1.54, 1.807) is 36.4 Å². The Bertz CT molecular complexity index is 963. The molecule has 3 aromatic rings. The molecule has 2 atom stereocenters. The molecule has 0 bridgehead atoms. The fraction of sp³-hybridized carbons (Fsp3) is 0.333. The van der Waals surface area contributed by atoms with E-state index in [1.165, 1.54) is 23.3 Å². The van der Waals surface area contributed by atoms with Gasteiger partial charge in [-0.2, -0.15) is 4.80 Å². The molecule has 1 aliphatic heterocycles. The number of halogens is 1. The zero-order valence-corrected chi connectivity index (χ0v) is 16.3. The normalized spacial score (nSPS) is 17.1. The molecule has 1 N–H and O–H groups in total. The summed E-state index contributed by atoms with van der Waals surface area (Å²) in [6.07, 6.45) is 1.37. The van der Waals surface area contributed by atoms with Crippen molar-refractivity contribution in [2.24, 2.45) is 0 Å². The lowest BCUT2D eigenvalue weighted by Gasteiger charge is -2.17. The molecule has 2 heterocycles. The number of benzene rings is 2. The predicted octanol–water partition coefficient (Wildman–Crippen LogP) is 1.88. The van der Waals surface area contributed by atoms with Gasteiger partial charge in [-0.05, 0) is 53.6 Å². The van der Waals surface area contributed by atoms with E-state index in [9.17, 15) is 14.3 Å². The van der Waals surface area contributed by atoms with Crippen molar-refractivity contribution >= 4 is 5.91 Å². The lowest BCUT2D eigenvalue weighted by Crippen LogP contribution is -2.28. The van der Waals surface area contributed by atoms with Gasteiger partial charge in [-0.1, -0.05) is 12.1 Å². The highest BCUT2D eigenvalue weighted by Gasteiger charge is 2.28. The number of hydrogen-bond acceptors (Lipinski definition) is 6. The molecule has 8 nitrogen and oxygen atoms in total. The van der Waals surface area contributed by atoms with Gasteiger partial charge in [0.25, 0.3) is 5.91 Å². The van der Waals surface area contributed by atoms with Crippen molar-refractivity contribution in [3.05, 3.63) is 71.8 Å². The van der Waals surface area contributed by atoms with Crippen molar-refractivity contribution in [2.75, 3.05) is 19.7 Å². The Balaban J connectivity index is 1.29. The van der Waals surface area contributed by atoms with Gasteiger partial charge < -0.3 is 14.7 Å². The lowest BCUT2D eigenvalue weighted by molar-refractivity contribution is 0.0788. The maximum atomic E-state index is 13.1. The summed E-state index contributed by atoms with van der Waals surface area (Å²) in [5.74, 6) is 0.485. The number of rotatable bonds is 7. The summed E-state index contributed by atoms with van der Waals surface area (Å²) in [4.78, 5) is 15.9. The minimum absolute atomic E-state index is 0.0385. The molecule has 0 unspecified atom stereocenters. The van der Waals surface area contributed by atoms with Crippen molar-refractivity contribution in [1.29, 1.82) is 0 Å². The van der Waals surface area contributed by atoms with Gasteiger partial charge in [0.2, 0.25) is 0 Å². The van der Waals surface area contributed by atoms with Crippen LogP contribution in [-0.2, 0) is 6.54 Å². The molecule has 0 radical (unpaired) electrons. The van der Waals surface area contributed by atoms with Crippen LogP contribution in [0.5, 0.6) is 5.75 Å². The average molecular weight is 411 g/mol. The Morgan fingerprint density at radius 1 is 1.20 bits per heavy atom. The van der Waals surface area contributed by atoms with E-state index in [0.29, 0.717) is 24.4 Å². The van der Waals surface area contributed by atoms with Crippen LogP contribution in [0.3, 0.4) is 0 Å². The summed E-state index contributed by atoms with van der Waals surface area (Å²) >= 11 is 0. The van der Waals surface area contributed by atoms with Crippen molar-refractivity contribution < 1.29 is 19.0 Å². The summed E-state index contributed by atoms with van der Waals surface area (Å²) < 4.78 is 18.7. The highest BCUT2D eigenvalue weighted by molar-refractivity contribution is 5.94. The van der Waals surface area contributed by atoms with Crippen molar-refractivity contribution in [3.63, 3.8) is 0 Å². The van der Waals surface area contributed by atoms with Crippen molar-refractivity contribution in [2.45, 2.75) is 25.0 Å². The van der Waals surface area contributed by atoms with Gasteiger partial charge in [-0.3, -0.25) is 4.79 Å². The molecule has 1 aliphatic rings. The average Bonchev–Trinajstić information content (AvgIpc) is 3.45. The third-order valence-electron chi connectivity index (χ3n) is 5.13. The zero-order valence-electron chi connectivity index (χ0n) is 16.3. The Hall–Kier alpha value is -3.33. The molecule has 1 saturated heterocycles. The minimum atomic E-state index is -0.784. The number of carbonyl (C=O) groups excluding carboxylic acids is 1. The molecule has 0 spiro atoms. The number of carbonyl (C=O) groups is 1. The number of ether oxygens (including phenoxy) is 1. The van der Waals surface area contributed by atoms with Crippen molar-refractivity contribution in [3.8, 4) is 5.75 Å². The molecule has 0 saturated carbocycles. The number of tetrazole rings is 1. The molecule has 1 fully saturated rings. The molecule has 156 valence electrons. The standard InChI is InChI=1S/C21H22FN5O3/c22-18-5-1-15(2-6-18)17-9-10-26(11-17)21(29)16-3-7-20(8-4-16)30-13-19(28)12-27-24-14-23-25-27/h1-8,14,17,19,28H,9-13H2/t17-,19-/m1/s1. The molecule has 30 heavy (non-hydrogen) atoms. The number of aromatic nitrogens is 4. The van der Waals surface area contributed by atoms with Gasteiger partial charge in [-0.15, -0.1) is 10.2 Å². The molecule has 1 amide bonds. The minimum Gasteiger partial charge on any atom is -0.491 e. The van der Waals surface area contributed by atoms with Gasteiger partial charge in [0, 0.05) is 24.6 Å². The Kier molecular flexibility index (Phi) is 5.99. The largest absolute Gasteiger partial charge is 0.491 e. The van der Waals surface area contributed by atoms with Gasteiger partial charge in [-0.25, -0.2) is 4.39 Å². The number of likely N-dealkylation sites (tertiary alicyclic amines) is 1. The quantitative estimate of drug-likeness (QED) is 0.638. The maximum absolute atomic E-state index is 13.1. The molecule has 4 rings (SSSR count). The van der Waals surface area contributed by atoms with Gasteiger partial charge in [0.05, 0.1) is 6.54 Å². The molecule has 1 aromatic heterocycles. The first-order valence-corrected chi connectivity index (χ1v) is 9.75.